The lowest BCUT2D eigenvalue weighted by Gasteiger charge is -2.25. The van der Waals surface area contributed by atoms with Crippen LogP contribution < -0.4 is 5.73 Å². The van der Waals surface area contributed by atoms with E-state index in [1.807, 2.05) is 0 Å². The lowest BCUT2D eigenvalue weighted by Crippen LogP contribution is -2.32. The number of nitrogens with two attached hydrogens (primary N) is 1. The zero-order valence-electron chi connectivity index (χ0n) is 13.2. The minimum atomic E-state index is 0.418. The van der Waals surface area contributed by atoms with Crippen LogP contribution in [0.5, 0.6) is 0 Å². The van der Waals surface area contributed by atoms with Gasteiger partial charge in [-0.25, -0.2) is 0 Å². The number of hydrogen-bond acceptors (Lipinski definition) is 3. The Bertz CT molecular complexity index is 426. The fraction of sp³-hybridized carbons (Fsp3) is 0.647. The third-order valence-corrected chi connectivity index (χ3v) is 4.51. The molecule has 0 radical (unpaired) electrons. The molecule has 0 amide bonds. The summed E-state index contributed by atoms with van der Waals surface area (Å²) in [5.74, 6) is 0. The highest BCUT2D eigenvalue weighted by molar-refractivity contribution is 5.37. The summed E-state index contributed by atoms with van der Waals surface area (Å²) >= 11 is 0. The second-order valence-corrected chi connectivity index (χ2v) is 5.80. The topological polar surface area (TPSA) is 32.5 Å². The molecule has 2 rings (SSSR count). The molecular weight excluding hydrogens is 246 g/mol. The molecular formula is C17H29N3. The molecule has 1 atom stereocenters. The van der Waals surface area contributed by atoms with Gasteiger partial charge in [-0.15, -0.1) is 0 Å². The SMILES string of the molecule is CCN(CC)CCCN1Cc2ccc(C)cc2C1CN. The van der Waals surface area contributed by atoms with Crippen LogP contribution in [0.4, 0.5) is 0 Å². The minimum Gasteiger partial charge on any atom is -0.329 e. The van der Waals surface area contributed by atoms with E-state index in [2.05, 4.69) is 48.8 Å². The first-order chi connectivity index (χ1) is 9.69. The molecule has 0 saturated heterocycles. The van der Waals surface area contributed by atoms with Crippen molar-refractivity contribution in [3.05, 3.63) is 34.9 Å². The summed E-state index contributed by atoms with van der Waals surface area (Å²) in [5.41, 5.74) is 10.3. The maximum Gasteiger partial charge on any atom is 0.0477 e. The molecule has 1 aromatic carbocycles. The summed E-state index contributed by atoms with van der Waals surface area (Å²) < 4.78 is 0. The average Bonchev–Trinajstić information content (AvgIpc) is 2.80. The molecule has 0 aromatic heterocycles. The molecule has 0 aliphatic carbocycles. The number of rotatable bonds is 7. The van der Waals surface area contributed by atoms with Gasteiger partial charge in [0, 0.05) is 25.7 Å². The van der Waals surface area contributed by atoms with Gasteiger partial charge in [0.1, 0.15) is 0 Å². The Balaban J connectivity index is 1.94. The van der Waals surface area contributed by atoms with Crippen LogP contribution in [0.25, 0.3) is 0 Å². The molecule has 0 saturated carbocycles. The van der Waals surface area contributed by atoms with Gasteiger partial charge in [0.15, 0.2) is 0 Å². The van der Waals surface area contributed by atoms with Crippen LogP contribution in [0, 0.1) is 6.92 Å². The van der Waals surface area contributed by atoms with Crippen LogP contribution in [-0.2, 0) is 6.54 Å². The quantitative estimate of drug-likeness (QED) is 0.830. The van der Waals surface area contributed by atoms with Crippen LogP contribution in [0.15, 0.2) is 18.2 Å². The fourth-order valence-corrected chi connectivity index (χ4v) is 3.24. The Morgan fingerprint density at radius 2 is 2.05 bits per heavy atom. The van der Waals surface area contributed by atoms with Gasteiger partial charge in [0.05, 0.1) is 0 Å². The fourth-order valence-electron chi connectivity index (χ4n) is 3.24. The Hall–Kier alpha value is -0.900. The minimum absolute atomic E-state index is 0.418. The molecule has 2 N–H and O–H groups in total. The molecule has 0 bridgehead atoms. The van der Waals surface area contributed by atoms with Gasteiger partial charge in [-0.1, -0.05) is 37.6 Å². The first-order valence-corrected chi connectivity index (χ1v) is 7.95. The molecule has 1 aromatic rings. The van der Waals surface area contributed by atoms with Gasteiger partial charge in [-0.05, 0) is 44.1 Å². The number of aryl methyl sites for hydroxylation is 1. The largest absolute Gasteiger partial charge is 0.329 e. The van der Waals surface area contributed by atoms with Gasteiger partial charge in [0.25, 0.3) is 0 Å². The Morgan fingerprint density at radius 1 is 1.30 bits per heavy atom. The van der Waals surface area contributed by atoms with Gasteiger partial charge < -0.3 is 10.6 Å². The molecule has 1 unspecified atom stereocenters. The number of benzene rings is 1. The van der Waals surface area contributed by atoms with Crippen molar-refractivity contribution >= 4 is 0 Å². The number of fused-ring (bicyclic) bond motifs is 1. The standard InChI is InChI=1S/C17H29N3/c1-4-19(5-2)9-6-10-20-13-15-8-7-14(3)11-16(15)17(20)12-18/h7-8,11,17H,4-6,9-10,12-13,18H2,1-3H3. The monoisotopic (exact) mass is 275 g/mol. The van der Waals surface area contributed by atoms with Gasteiger partial charge in [-0.2, -0.15) is 0 Å². The van der Waals surface area contributed by atoms with Crippen LogP contribution in [0.2, 0.25) is 0 Å². The molecule has 1 aliphatic rings. The summed E-state index contributed by atoms with van der Waals surface area (Å²) in [4.78, 5) is 5.04. The summed E-state index contributed by atoms with van der Waals surface area (Å²) in [5, 5.41) is 0. The third kappa shape index (κ3) is 3.40. The molecule has 1 aliphatic heterocycles. The first-order valence-electron chi connectivity index (χ1n) is 7.95. The van der Waals surface area contributed by atoms with E-state index in [9.17, 15) is 0 Å². The predicted molar refractivity (Wildman–Crippen MR) is 85.8 cm³/mol. The second-order valence-electron chi connectivity index (χ2n) is 5.80. The smallest absolute Gasteiger partial charge is 0.0477 e. The van der Waals surface area contributed by atoms with E-state index in [0.717, 1.165) is 32.7 Å². The summed E-state index contributed by atoms with van der Waals surface area (Å²) in [6.07, 6.45) is 1.23. The van der Waals surface area contributed by atoms with E-state index < -0.39 is 0 Å². The zero-order valence-corrected chi connectivity index (χ0v) is 13.2. The van der Waals surface area contributed by atoms with E-state index in [4.69, 9.17) is 5.73 Å². The van der Waals surface area contributed by atoms with Gasteiger partial charge in [-0.3, -0.25) is 4.90 Å². The van der Waals surface area contributed by atoms with Crippen LogP contribution in [-0.4, -0.2) is 42.5 Å². The van der Waals surface area contributed by atoms with E-state index in [-0.39, 0.29) is 0 Å². The molecule has 3 heteroatoms. The van der Waals surface area contributed by atoms with E-state index in [1.165, 1.54) is 29.7 Å². The second kappa shape index (κ2) is 7.21. The maximum absolute atomic E-state index is 6.02. The van der Waals surface area contributed by atoms with Crippen LogP contribution in [0.3, 0.4) is 0 Å². The average molecular weight is 275 g/mol. The Morgan fingerprint density at radius 3 is 2.70 bits per heavy atom. The molecule has 112 valence electrons. The highest BCUT2D eigenvalue weighted by Gasteiger charge is 2.28. The highest BCUT2D eigenvalue weighted by atomic mass is 15.2. The van der Waals surface area contributed by atoms with Crippen molar-refractivity contribution in [1.29, 1.82) is 0 Å². The van der Waals surface area contributed by atoms with E-state index in [0.29, 0.717) is 6.04 Å². The van der Waals surface area contributed by atoms with E-state index in [1.54, 1.807) is 0 Å². The number of nitrogens with zero attached hydrogens (tertiary/aromatic N) is 2. The van der Waals surface area contributed by atoms with Crippen molar-refractivity contribution in [1.82, 2.24) is 9.80 Å². The van der Waals surface area contributed by atoms with Crippen molar-refractivity contribution in [2.75, 3.05) is 32.7 Å². The van der Waals surface area contributed by atoms with Crippen molar-refractivity contribution in [3.8, 4) is 0 Å². The van der Waals surface area contributed by atoms with Crippen molar-refractivity contribution in [3.63, 3.8) is 0 Å². The van der Waals surface area contributed by atoms with Gasteiger partial charge >= 0.3 is 0 Å². The predicted octanol–water partition coefficient (Wildman–Crippen LogP) is 2.54. The molecule has 1 heterocycles. The van der Waals surface area contributed by atoms with Crippen LogP contribution >= 0.6 is 0 Å². The lowest BCUT2D eigenvalue weighted by atomic mass is 10.0. The normalized spacial score (nSPS) is 18.8. The summed E-state index contributed by atoms with van der Waals surface area (Å²) in [7, 11) is 0. The third-order valence-electron chi connectivity index (χ3n) is 4.51. The maximum atomic E-state index is 6.02. The van der Waals surface area contributed by atoms with Gasteiger partial charge in [0.2, 0.25) is 0 Å². The Labute approximate surface area is 123 Å². The van der Waals surface area contributed by atoms with Crippen molar-refractivity contribution < 1.29 is 0 Å². The molecule has 0 fully saturated rings. The number of hydrogen-bond donors (Lipinski definition) is 1. The molecule has 3 nitrogen and oxygen atoms in total. The lowest BCUT2D eigenvalue weighted by molar-refractivity contribution is 0.199. The zero-order chi connectivity index (χ0) is 14.5. The van der Waals surface area contributed by atoms with Crippen LogP contribution in [0.1, 0.15) is 43.0 Å². The van der Waals surface area contributed by atoms with Crippen molar-refractivity contribution in [2.45, 2.75) is 39.8 Å². The Kier molecular flexibility index (Phi) is 5.58. The highest BCUT2D eigenvalue weighted by Crippen LogP contribution is 2.33. The first kappa shape index (κ1) is 15.5. The van der Waals surface area contributed by atoms with Crippen molar-refractivity contribution in [2.24, 2.45) is 5.73 Å². The summed E-state index contributed by atoms with van der Waals surface area (Å²) in [6, 6.07) is 7.22. The molecule has 20 heavy (non-hydrogen) atoms. The van der Waals surface area contributed by atoms with E-state index >= 15 is 0 Å². The summed E-state index contributed by atoms with van der Waals surface area (Å²) in [6.45, 7) is 13.1. The molecule has 0 spiro atoms.